The van der Waals surface area contributed by atoms with Gasteiger partial charge in [-0.05, 0) is 53.8 Å². The smallest absolute Gasteiger partial charge is 0.330 e. The van der Waals surface area contributed by atoms with Crippen LogP contribution < -0.4 is 11.1 Å². The molecule has 0 aliphatic rings. The first-order valence-corrected chi connectivity index (χ1v) is 12.8. The predicted octanol–water partition coefficient (Wildman–Crippen LogP) is 3.76. The van der Waals surface area contributed by atoms with Gasteiger partial charge in [0.05, 0.1) is 0 Å². The fourth-order valence-electron chi connectivity index (χ4n) is 4.18. The molecular formula is C29H32F2N6O2. The maximum atomic E-state index is 13.7. The Kier molecular flexibility index (Phi) is 9.45. The minimum Gasteiger partial charge on any atom is -0.458 e. The number of hydrogen-bond acceptors (Lipinski definition) is 7. The zero-order valence-corrected chi connectivity index (χ0v) is 22.0. The van der Waals surface area contributed by atoms with Crippen LogP contribution in [0.25, 0.3) is 11.4 Å². The third-order valence-electron chi connectivity index (χ3n) is 6.26. The van der Waals surface area contributed by atoms with Gasteiger partial charge in [0.25, 0.3) is 0 Å². The number of aromatic nitrogens is 4. The van der Waals surface area contributed by atoms with Gasteiger partial charge >= 0.3 is 5.97 Å². The van der Waals surface area contributed by atoms with Crippen LogP contribution in [0.5, 0.6) is 0 Å². The molecule has 0 amide bonds. The second-order valence-corrected chi connectivity index (χ2v) is 9.49. The van der Waals surface area contributed by atoms with Gasteiger partial charge in [-0.3, -0.25) is 0 Å². The van der Waals surface area contributed by atoms with E-state index in [0.717, 1.165) is 34.0 Å². The van der Waals surface area contributed by atoms with Gasteiger partial charge in [-0.25, -0.2) is 13.6 Å². The lowest BCUT2D eigenvalue weighted by molar-refractivity contribution is -0.151. The Morgan fingerprint density at radius 1 is 1.03 bits per heavy atom. The van der Waals surface area contributed by atoms with Crippen molar-refractivity contribution in [2.45, 2.75) is 51.9 Å². The number of nitrogens with two attached hydrogens (primary N) is 1. The van der Waals surface area contributed by atoms with Gasteiger partial charge in [0.1, 0.15) is 17.7 Å². The minimum absolute atomic E-state index is 0.110. The van der Waals surface area contributed by atoms with Gasteiger partial charge in [0.15, 0.2) is 6.54 Å². The van der Waals surface area contributed by atoms with Crippen molar-refractivity contribution < 1.29 is 18.3 Å². The molecule has 8 nitrogen and oxygen atoms in total. The molecular weight excluding hydrogens is 502 g/mol. The number of rotatable bonds is 12. The van der Waals surface area contributed by atoms with E-state index in [4.69, 9.17) is 10.5 Å². The number of carbonyl (C=O) groups excluding carboxylic acids is 1. The lowest BCUT2D eigenvalue weighted by atomic mass is 10.0. The average molecular weight is 535 g/mol. The zero-order chi connectivity index (χ0) is 27.8. The van der Waals surface area contributed by atoms with Gasteiger partial charge in [0, 0.05) is 30.8 Å². The highest BCUT2D eigenvalue weighted by Gasteiger charge is 2.24. The summed E-state index contributed by atoms with van der Waals surface area (Å²) >= 11 is 0. The highest BCUT2D eigenvalue weighted by atomic mass is 19.1. The fourth-order valence-corrected chi connectivity index (χ4v) is 4.18. The summed E-state index contributed by atoms with van der Waals surface area (Å²) in [6.45, 7) is 4.57. The van der Waals surface area contributed by atoms with E-state index in [1.165, 1.54) is 17.7 Å². The number of tetrazole rings is 1. The maximum absolute atomic E-state index is 13.7. The van der Waals surface area contributed by atoms with Crippen molar-refractivity contribution >= 4 is 5.97 Å². The van der Waals surface area contributed by atoms with Crippen molar-refractivity contribution in [2.75, 3.05) is 6.54 Å². The van der Waals surface area contributed by atoms with Gasteiger partial charge in [-0.15, -0.1) is 10.2 Å². The molecule has 0 fully saturated rings. The normalized spacial score (nSPS) is 12.7. The van der Waals surface area contributed by atoms with Crippen LogP contribution >= 0.6 is 0 Å². The largest absolute Gasteiger partial charge is 0.458 e. The molecule has 1 aromatic heterocycles. The topological polar surface area (TPSA) is 108 Å². The summed E-state index contributed by atoms with van der Waals surface area (Å²) in [7, 11) is 0. The fraction of sp³-hybridized carbons (Fsp3) is 0.310. The highest BCUT2D eigenvalue weighted by molar-refractivity contribution is 5.69. The van der Waals surface area contributed by atoms with Crippen molar-refractivity contribution in [3.05, 3.63) is 101 Å². The van der Waals surface area contributed by atoms with Crippen LogP contribution in [0.1, 0.15) is 29.2 Å². The third kappa shape index (κ3) is 8.23. The van der Waals surface area contributed by atoms with E-state index in [-0.39, 0.29) is 19.5 Å². The van der Waals surface area contributed by atoms with Crippen molar-refractivity contribution in [1.82, 2.24) is 25.5 Å². The molecule has 3 N–H and O–H groups in total. The first-order valence-electron chi connectivity index (χ1n) is 12.8. The number of esters is 1. The molecule has 10 heteroatoms. The number of aryl methyl sites for hydroxylation is 2. The summed E-state index contributed by atoms with van der Waals surface area (Å²) in [6.07, 6.45) is 0.252. The molecule has 0 aliphatic heterocycles. The van der Waals surface area contributed by atoms with Crippen LogP contribution in [-0.2, 0) is 35.5 Å². The van der Waals surface area contributed by atoms with Crippen molar-refractivity contribution in [3.63, 3.8) is 0 Å². The van der Waals surface area contributed by atoms with Crippen LogP contribution in [0.3, 0.4) is 0 Å². The van der Waals surface area contributed by atoms with Gasteiger partial charge in [0.2, 0.25) is 5.82 Å². The van der Waals surface area contributed by atoms with Crippen molar-refractivity contribution in [1.29, 1.82) is 0 Å². The summed E-state index contributed by atoms with van der Waals surface area (Å²) in [4.78, 5) is 14.0. The Morgan fingerprint density at radius 2 is 1.74 bits per heavy atom. The van der Waals surface area contributed by atoms with Crippen molar-refractivity contribution in [3.8, 4) is 11.4 Å². The highest BCUT2D eigenvalue weighted by Crippen LogP contribution is 2.15. The number of nitrogens with zero attached hydrogens (tertiary/aromatic N) is 4. The van der Waals surface area contributed by atoms with Crippen LogP contribution in [0.15, 0.2) is 66.7 Å². The minimum atomic E-state index is -0.779. The maximum Gasteiger partial charge on any atom is 0.330 e. The lowest BCUT2D eigenvalue weighted by Crippen LogP contribution is -2.46. The number of carbonyl (C=O) groups is 1. The second-order valence-electron chi connectivity index (χ2n) is 9.49. The Hall–Kier alpha value is -4.02. The zero-order valence-electron chi connectivity index (χ0n) is 22.0. The van der Waals surface area contributed by atoms with E-state index in [0.29, 0.717) is 17.9 Å². The molecule has 4 rings (SSSR count). The Morgan fingerprint density at radius 3 is 2.46 bits per heavy atom. The van der Waals surface area contributed by atoms with E-state index in [9.17, 15) is 13.6 Å². The van der Waals surface area contributed by atoms with E-state index in [1.54, 1.807) is 0 Å². The standard InChI is InChI=1S/C29H32F2N6O2/c1-3-20-5-4-6-21(11-20)16-33-17-27(26(32)14-22-12-24(30)15-25(31)13-22)39-28(38)18-37-35-29(34-36-37)23-9-7-19(2)8-10-23/h4-13,15,26-27,33H,3,14,16-18,32H2,1-2H3/t26-,27+/m0/s1. The quantitative estimate of drug-likeness (QED) is 0.267. The molecule has 39 heavy (non-hydrogen) atoms. The molecule has 204 valence electrons. The average Bonchev–Trinajstić information content (AvgIpc) is 3.36. The van der Waals surface area contributed by atoms with Crippen LogP contribution in [0.4, 0.5) is 8.78 Å². The molecule has 0 radical (unpaired) electrons. The van der Waals surface area contributed by atoms with E-state index >= 15 is 0 Å². The summed E-state index contributed by atoms with van der Waals surface area (Å²) < 4.78 is 33.2. The number of benzene rings is 3. The SMILES string of the molecule is CCc1cccc(CNC[C@@H](OC(=O)Cn2nnc(-c3ccc(C)cc3)n2)[C@@H](N)Cc2cc(F)cc(F)c2)c1. The molecule has 4 aromatic rings. The lowest BCUT2D eigenvalue weighted by Gasteiger charge is -2.25. The Labute approximate surface area is 226 Å². The number of ether oxygens (including phenoxy) is 1. The summed E-state index contributed by atoms with van der Waals surface area (Å²) in [5, 5.41) is 15.5. The molecule has 0 aliphatic carbocycles. The van der Waals surface area contributed by atoms with E-state index in [2.05, 4.69) is 39.8 Å². The van der Waals surface area contributed by atoms with Crippen molar-refractivity contribution in [2.24, 2.45) is 5.73 Å². The molecule has 0 unspecified atom stereocenters. The third-order valence-corrected chi connectivity index (χ3v) is 6.26. The molecule has 3 aromatic carbocycles. The van der Waals surface area contributed by atoms with Crippen LogP contribution in [-0.4, -0.2) is 44.9 Å². The second kappa shape index (κ2) is 13.2. The number of hydrogen-bond donors (Lipinski definition) is 2. The van der Waals surface area contributed by atoms with Crippen LogP contribution in [0.2, 0.25) is 0 Å². The molecule has 2 atom stereocenters. The Bertz CT molecular complexity index is 1370. The van der Waals surface area contributed by atoms with Crippen LogP contribution in [0, 0.1) is 18.6 Å². The summed E-state index contributed by atoms with van der Waals surface area (Å²) in [5.41, 5.74) is 10.9. The van der Waals surface area contributed by atoms with Gasteiger partial charge in [-0.2, -0.15) is 4.80 Å². The molecule has 0 saturated heterocycles. The number of halogens is 2. The van der Waals surface area contributed by atoms with Gasteiger partial charge in [-0.1, -0.05) is 61.0 Å². The monoisotopic (exact) mass is 534 g/mol. The first kappa shape index (κ1) is 28.0. The first-order chi connectivity index (χ1) is 18.8. The molecule has 0 saturated carbocycles. The predicted molar refractivity (Wildman–Crippen MR) is 143 cm³/mol. The summed E-state index contributed by atoms with van der Waals surface area (Å²) in [5.74, 6) is -1.61. The molecule has 0 spiro atoms. The summed E-state index contributed by atoms with van der Waals surface area (Å²) in [6, 6.07) is 18.3. The van der Waals surface area contributed by atoms with E-state index < -0.39 is 29.7 Å². The van der Waals surface area contributed by atoms with E-state index in [1.807, 2.05) is 43.3 Å². The van der Waals surface area contributed by atoms with Gasteiger partial charge < -0.3 is 15.8 Å². The Balaban J connectivity index is 1.42. The molecule has 0 bridgehead atoms. The number of nitrogens with one attached hydrogen (secondary N) is 1. The molecule has 1 heterocycles.